The Morgan fingerprint density at radius 3 is 2.67 bits per heavy atom. The minimum atomic E-state index is -3.88. The largest absolute Gasteiger partial charge is 0.399 e. The van der Waals surface area contributed by atoms with Crippen LogP contribution in [-0.2, 0) is 17.1 Å². The summed E-state index contributed by atoms with van der Waals surface area (Å²) in [7, 11) is -2.30. The highest BCUT2D eigenvalue weighted by Gasteiger charge is 2.17. The number of rotatable bonds is 3. The topological polar surface area (TPSA) is 90.0 Å². The lowest BCUT2D eigenvalue weighted by molar-refractivity contribution is 0.594. The molecule has 8 heteroatoms. The number of anilines is 2. The van der Waals surface area contributed by atoms with E-state index in [0.29, 0.717) is 0 Å². The summed E-state index contributed by atoms with van der Waals surface area (Å²) < 4.78 is 40.7. The molecule has 0 unspecified atom stereocenters. The predicted molar refractivity (Wildman–Crippen MR) is 64.8 cm³/mol. The number of halogens is 1. The molecule has 1 aromatic carbocycles. The molecule has 2 aromatic rings. The van der Waals surface area contributed by atoms with Crippen molar-refractivity contribution < 1.29 is 12.8 Å². The molecule has 0 radical (unpaired) electrons. The van der Waals surface area contributed by atoms with E-state index in [1.54, 1.807) is 7.05 Å². The van der Waals surface area contributed by atoms with Gasteiger partial charge in [-0.25, -0.2) is 12.8 Å². The maximum Gasteiger partial charge on any atom is 0.263 e. The van der Waals surface area contributed by atoms with Crippen LogP contribution >= 0.6 is 0 Å². The van der Waals surface area contributed by atoms with Gasteiger partial charge in [-0.15, -0.1) is 0 Å². The van der Waals surface area contributed by atoms with E-state index >= 15 is 0 Å². The Morgan fingerprint density at radius 2 is 2.11 bits per heavy atom. The van der Waals surface area contributed by atoms with Gasteiger partial charge < -0.3 is 5.73 Å². The van der Waals surface area contributed by atoms with E-state index in [0.717, 1.165) is 12.1 Å². The van der Waals surface area contributed by atoms with Crippen LogP contribution in [0.25, 0.3) is 0 Å². The molecule has 0 saturated heterocycles. The van der Waals surface area contributed by atoms with Gasteiger partial charge in [0.25, 0.3) is 10.0 Å². The Morgan fingerprint density at radius 1 is 1.39 bits per heavy atom. The molecule has 3 N–H and O–H groups in total. The fraction of sp³-hybridized carbons (Fsp3) is 0.100. The molecule has 0 aliphatic carbocycles. The average molecular weight is 270 g/mol. The molecule has 0 bridgehead atoms. The number of nitrogens with one attached hydrogen (secondary N) is 1. The number of sulfonamides is 1. The highest BCUT2D eigenvalue weighted by atomic mass is 32.2. The van der Waals surface area contributed by atoms with Crippen molar-refractivity contribution >= 4 is 21.5 Å². The van der Waals surface area contributed by atoms with Crippen molar-refractivity contribution in [3.05, 3.63) is 36.3 Å². The van der Waals surface area contributed by atoms with Crippen LogP contribution in [0.2, 0.25) is 0 Å². The molecule has 0 saturated carbocycles. The lowest BCUT2D eigenvalue weighted by atomic mass is 10.3. The van der Waals surface area contributed by atoms with Crippen molar-refractivity contribution in [2.75, 3.05) is 10.5 Å². The Labute approximate surface area is 103 Å². The fourth-order valence-corrected chi connectivity index (χ4v) is 2.56. The summed E-state index contributed by atoms with van der Waals surface area (Å²) in [6.07, 6.45) is 1.44. The van der Waals surface area contributed by atoms with Gasteiger partial charge in [-0.1, -0.05) is 0 Å². The summed E-state index contributed by atoms with van der Waals surface area (Å²) in [6, 6.07) is 4.61. The van der Waals surface area contributed by atoms with Gasteiger partial charge >= 0.3 is 0 Å². The molecule has 0 amide bonds. The van der Waals surface area contributed by atoms with E-state index in [1.165, 1.54) is 23.0 Å². The van der Waals surface area contributed by atoms with Gasteiger partial charge in [-0.3, -0.25) is 9.40 Å². The van der Waals surface area contributed by atoms with Crippen LogP contribution in [0.15, 0.2) is 35.4 Å². The van der Waals surface area contributed by atoms with Gasteiger partial charge in [0, 0.05) is 18.8 Å². The van der Waals surface area contributed by atoms with Crippen molar-refractivity contribution in [3.63, 3.8) is 0 Å². The SMILES string of the molecule is Cn1nccc1NS(=O)(=O)c1cc(N)cc(F)c1. The second-order valence-electron chi connectivity index (χ2n) is 3.67. The van der Waals surface area contributed by atoms with Gasteiger partial charge in [-0.2, -0.15) is 5.10 Å². The maximum absolute atomic E-state index is 13.1. The van der Waals surface area contributed by atoms with Gasteiger partial charge in [0.05, 0.1) is 11.1 Å². The third-order valence-electron chi connectivity index (χ3n) is 2.26. The number of nitrogens with two attached hydrogens (primary N) is 1. The van der Waals surface area contributed by atoms with Crippen molar-refractivity contribution in [1.29, 1.82) is 0 Å². The summed E-state index contributed by atoms with van der Waals surface area (Å²) in [5.41, 5.74) is 5.45. The highest BCUT2D eigenvalue weighted by Crippen LogP contribution is 2.19. The quantitative estimate of drug-likeness (QED) is 0.812. The highest BCUT2D eigenvalue weighted by molar-refractivity contribution is 7.92. The molecule has 0 spiro atoms. The number of aryl methyl sites for hydroxylation is 1. The molecule has 2 rings (SSSR count). The van der Waals surface area contributed by atoms with Crippen molar-refractivity contribution in [2.24, 2.45) is 7.05 Å². The van der Waals surface area contributed by atoms with E-state index in [1.807, 2.05) is 0 Å². The number of hydrogen-bond acceptors (Lipinski definition) is 4. The summed E-state index contributed by atoms with van der Waals surface area (Å²) in [5, 5.41) is 3.82. The smallest absolute Gasteiger partial charge is 0.263 e. The Balaban J connectivity index is 2.40. The van der Waals surface area contributed by atoms with Crippen LogP contribution in [0, 0.1) is 5.82 Å². The zero-order valence-electron chi connectivity index (χ0n) is 9.46. The van der Waals surface area contributed by atoms with Crippen LogP contribution in [0.1, 0.15) is 0 Å². The summed E-state index contributed by atoms with van der Waals surface area (Å²) >= 11 is 0. The van der Waals surface area contributed by atoms with Gasteiger partial charge in [0.15, 0.2) is 0 Å². The summed E-state index contributed by atoms with van der Waals surface area (Å²) in [6.45, 7) is 0. The second-order valence-corrected chi connectivity index (χ2v) is 5.35. The van der Waals surface area contributed by atoms with Crippen molar-refractivity contribution in [3.8, 4) is 0 Å². The first-order valence-corrected chi connectivity index (χ1v) is 6.44. The average Bonchev–Trinajstić information content (AvgIpc) is 2.62. The third-order valence-corrected chi connectivity index (χ3v) is 3.60. The second kappa shape index (κ2) is 4.30. The van der Waals surface area contributed by atoms with Gasteiger partial charge in [0.2, 0.25) is 0 Å². The number of aromatic nitrogens is 2. The minimum Gasteiger partial charge on any atom is -0.399 e. The van der Waals surface area contributed by atoms with Crippen LogP contribution in [0.5, 0.6) is 0 Å². The lowest BCUT2D eigenvalue weighted by Gasteiger charge is -2.08. The third kappa shape index (κ3) is 2.43. The number of hydrogen-bond donors (Lipinski definition) is 2. The zero-order chi connectivity index (χ0) is 13.3. The molecule has 0 atom stereocenters. The van der Waals surface area contributed by atoms with Crippen LogP contribution in [0.3, 0.4) is 0 Å². The molecule has 6 nitrogen and oxygen atoms in total. The van der Waals surface area contributed by atoms with E-state index in [2.05, 4.69) is 9.82 Å². The van der Waals surface area contributed by atoms with Crippen LogP contribution in [0.4, 0.5) is 15.9 Å². The molecule has 96 valence electrons. The molecule has 18 heavy (non-hydrogen) atoms. The molecule has 1 aromatic heterocycles. The van der Waals surface area contributed by atoms with Crippen molar-refractivity contribution in [1.82, 2.24) is 9.78 Å². The van der Waals surface area contributed by atoms with Crippen molar-refractivity contribution in [2.45, 2.75) is 4.90 Å². The predicted octanol–water partition coefficient (Wildman–Crippen LogP) is 0.942. The molecule has 0 aliphatic heterocycles. The zero-order valence-corrected chi connectivity index (χ0v) is 10.3. The van der Waals surface area contributed by atoms with Crippen LogP contribution < -0.4 is 10.5 Å². The van der Waals surface area contributed by atoms with E-state index in [4.69, 9.17) is 5.73 Å². The first-order chi connectivity index (χ1) is 8.38. The summed E-state index contributed by atoms with van der Waals surface area (Å²) in [4.78, 5) is -0.235. The molecule has 1 heterocycles. The minimum absolute atomic E-state index is 0.0420. The standard InChI is InChI=1S/C10H11FN4O2S/c1-15-10(2-3-13-15)14-18(16,17)9-5-7(11)4-8(12)6-9/h2-6,14H,12H2,1H3. The molecule has 0 fully saturated rings. The number of benzene rings is 1. The monoisotopic (exact) mass is 270 g/mol. The first-order valence-electron chi connectivity index (χ1n) is 4.95. The van der Waals surface area contributed by atoms with E-state index in [9.17, 15) is 12.8 Å². The van der Waals surface area contributed by atoms with Gasteiger partial charge in [-0.05, 0) is 18.2 Å². The lowest BCUT2D eigenvalue weighted by Crippen LogP contribution is -2.15. The number of nitrogens with zero attached hydrogens (tertiary/aromatic N) is 2. The Bertz CT molecular complexity index is 661. The molecular formula is C10H11FN4O2S. The Kier molecular flexibility index (Phi) is 2.95. The molecular weight excluding hydrogens is 259 g/mol. The maximum atomic E-state index is 13.1. The Hall–Kier alpha value is -2.09. The van der Waals surface area contributed by atoms with Gasteiger partial charge in [0.1, 0.15) is 11.6 Å². The van der Waals surface area contributed by atoms with E-state index in [-0.39, 0.29) is 16.4 Å². The normalized spacial score (nSPS) is 11.4. The first kappa shape index (κ1) is 12.4. The fourth-order valence-electron chi connectivity index (χ4n) is 1.41. The number of nitrogen functional groups attached to an aromatic ring is 1. The van der Waals surface area contributed by atoms with E-state index < -0.39 is 15.8 Å². The summed E-state index contributed by atoms with van der Waals surface area (Å²) in [5.74, 6) is -0.432. The molecule has 0 aliphatic rings. The van der Waals surface area contributed by atoms with Crippen LogP contribution in [-0.4, -0.2) is 18.2 Å².